The molecule has 0 radical (unpaired) electrons. The van der Waals surface area contributed by atoms with Crippen molar-refractivity contribution in [1.29, 1.82) is 0 Å². The first kappa shape index (κ1) is 11.5. The minimum absolute atomic E-state index is 0.256. The molecule has 1 unspecified atom stereocenters. The van der Waals surface area contributed by atoms with Crippen LogP contribution in [0.4, 0.5) is 0 Å². The summed E-state index contributed by atoms with van der Waals surface area (Å²) in [6.07, 6.45) is 4.56. The van der Waals surface area contributed by atoms with Gasteiger partial charge in [0, 0.05) is 18.5 Å². The second-order valence-electron chi connectivity index (χ2n) is 5.78. The Balaban J connectivity index is 1.54. The molecule has 1 atom stereocenters. The molecule has 0 aromatic rings. The lowest BCUT2D eigenvalue weighted by atomic mass is 9.83. The molecule has 4 saturated heterocycles. The molecule has 1 amide bonds. The highest BCUT2D eigenvalue weighted by Crippen LogP contribution is 2.27. The lowest BCUT2D eigenvalue weighted by Crippen LogP contribution is -2.58. The van der Waals surface area contributed by atoms with Crippen molar-refractivity contribution in [2.45, 2.75) is 31.7 Å². The van der Waals surface area contributed by atoms with Gasteiger partial charge in [-0.2, -0.15) is 0 Å². The average Bonchev–Trinajstić information content (AvgIpc) is 2.41. The molecule has 0 aliphatic carbocycles. The first-order valence-corrected chi connectivity index (χ1v) is 7.06. The number of fused-ring (bicyclic) bond motifs is 3. The van der Waals surface area contributed by atoms with E-state index in [1.165, 1.54) is 25.9 Å². The van der Waals surface area contributed by atoms with E-state index in [-0.39, 0.29) is 5.92 Å². The Morgan fingerprint density at radius 1 is 1.12 bits per heavy atom. The molecule has 4 heterocycles. The van der Waals surface area contributed by atoms with E-state index < -0.39 is 0 Å². The van der Waals surface area contributed by atoms with Crippen LogP contribution in [-0.4, -0.2) is 49.6 Å². The van der Waals surface area contributed by atoms with E-state index >= 15 is 0 Å². The first-order valence-electron chi connectivity index (χ1n) is 7.06. The van der Waals surface area contributed by atoms with Crippen LogP contribution in [0.1, 0.15) is 25.7 Å². The summed E-state index contributed by atoms with van der Waals surface area (Å²) in [5.41, 5.74) is 0. The number of nitrogens with zero attached hydrogens (tertiary/aromatic N) is 1. The minimum Gasteiger partial charge on any atom is -0.352 e. The van der Waals surface area contributed by atoms with Crippen LogP contribution in [0.25, 0.3) is 0 Å². The van der Waals surface area contributed by atoms with Gasteiger partial charge in [-0.3, -0.25) is 4.79 Å². The maximum absolute atomic E-state index is 12.2. The number of carbonyl (C=O) groups is 1. The molecular formula is C13H23N3O. The number of hydrogen-bond acceptors (Lipinski definition) is 3. The maximum Gasteiger partial charge on any atom is 0.223 e. The van der Waals surface area contributed by atoms with Gasteiger partial charge in [-0.1, -0.05) is 0 Å². The van der Waals surface area contributed by atoms with Crippen molar-refractivity contribution in [3.63, 3.8) is 0 Å². The van der Waals surface area contributed by atoms with Crippen molar-refractivity contribution in [2.24, 2.45) is 11.8 Å². The fraction of sp³-hybridized carbons (Fsp3) is 0.923. The van der Waals surface area contributed by atoms with Gasteiger partial charge in [0.25, 0.3) is 0 Å². The Kier molecular flexibility index (Phi) is 3.34. The van der Waals surface area contributed by atoms with Gasteiger partial charge < -0.3 is 15.5 Å². The number of rotatable bonds is 2. The molecule has 0 aromatic carbocycles. The van der Waals surface area contributed by atoms with Crippen LogP contribution in [0.2, 0.25) is 0 Å². The lowest BCUT2D eigenvalue weighted by molar-refractivity contribution is -0.127. The van der Waals surface area contributed by atoms with Crippen LogP contribution >= 0.6 is 0 Å². The van der Waals surface area contributed by atoms with Crippen molar-refractivity contribution < 1.29 is 4.79 Å². The third-order valence-electron chi connectivity index (χ3n) is 4.69. The molecule has 4 aliphatic rings. The molecule has 4 nitrogen and oxygen atoms in total. The molecule has 4 aliphatic heterocycles. The molecule has 4 heteroatoms. The molecule has 4 fully saturated rings. The third kappa shape index (κ3) is 2.47. The molecule has 0 aromatic heterocycles. The van der Waals surface area contributed by atoms with E-state index in [2.05, 4.69) is 15.5 Å². The summed E-state index contributed by atoms with van der Waals surface area (Å²) < 4.78 is 0. The number of nitrogens with one attached hydrogen (secondary N) is 2. The van der Waals surface area contributed by atoms with Gasteiger partial charge in [0.1, 0.15) is 0 Å². The topological polar surface area (TPSA) is 44.4 Å². The Morgan fingerprint density at radius 3 is 2.41 bits per heavy atom. The second kappa shape index (κ2) is 4.94. The van der Waals surface area contributed by atoms with Crippen LogP contribution < -0.4 is 10.6 Å². The van der Waals surface area contributed by atoms with Crippen molar-refractivity contribution in [3.8, 4) is 0 Å². The highest BCUT2D eigenvalue weighted by Gasteiger charge is 2.35. The first-order chi connectivity index (χ1) is 8.33. The number of carbonyl (C=O) groups excluding carboxylic acids is 1. The van der Waals surface area contributed by atoms with Gasteiger partial charge in [0.15, 0.2) is 0 Å². The summed E-state index contributed by atoms with van der Waals surface area (Å²) in [6.45, 7) is 5.56. The van der Waals surface area contributed by atoms with Gasteiger partial charge in [-0.25, -0.2) is 0 Å². The maximum atomic E-state index is 12.2. The van der Waals surface area contributed by atoms with Gasteiger partial charge >= 0.3 is 0 Å². The summed E-state index contributed by atoms with van der Waals surface area (Å²) in [5.74, 6) is 1.31. The number of piperidine rings is 4. The second-order valence-corrected chi connectivity index (χ2v) is 5.78. The average molecular weight is 237 g/mol. The van der Waals surface area contributed by atoms with Crippen LogP contribution in [0.5, 0.6) is 0 Å². The monoisotopic (exact) mass is 237 g/mol. The van der Waals surface area contributed by atoms with Crippen LogP contribution in [0.3, 0.4) is 0 Å². The van der Waals surface area contributed by atoms with Crippen LogP contribution in [0.15, 0.2) is 0 Å². The van der Waals surface area contributed by atoms with E-state index in [0.717, 1.165) is 38.4 Å². The molecular weight excluding hydrogens is 214 g/mol. The van der Waals surface area contributed by atoms with Gasteiger partial charge in [0.2, 0.25) is 5.91 Å². The van der Waals surface area contributed by atoms with E-state index in [9.17, 15) is 4.79 Å². The number of amides is 1. The van der Waals surface area contributed by atoms with E-state index in [0.29, 0.717) is 11.9 Å². The van der Waals surface area contributed by atoms with Gasteiger partial charge in [-0.15, -0.1) is 0 Å². The Morgan fingerprint density at radius 2 is 1.82 bits per heavy atom. The van der Waals surface area contributed by atoms with Crippen molar-refractivity contribution in [1.82, 2.24) is 15.5 Å². The lowest BCUT2D eigenvalue weighted by Gasteiger charge is -2.45. The fourth-order valence-corrected chi connectivity index (χ4v) is 3.51. The predicted molar refractivity (Wildman–Crippen MR) is 66.7 cm³/mol. The SMILES string of the molecule is O=C(NC1CN2CCC1CC2)C1CCNCC1. The molecule has 0 saturated carbocycles. The van der Waals surface area contributed by atoms with E-state index in [1.54, 1.807) is 0 Å². The van der Waals surface area contributed by atoms with Crippen molar-refractivity contribution in [2.75, 3.05) is 32.7 Å². The largest absolute Gasteiger partial charge is 0.352 e. The minimum atomic E-state index is 0.256. The Bertz CT molecular complexity index is 280. The highest BCUT2D eigenvalue weighted by molar-refractivity contribution is 5.79. The summed E-state index contributed by atoms with van der Waals surface area (Å²) in [6, 6.07) is 0.430. The molecule has 2 N–H and O–H groups in total. The summed E-state index contributed by atoms with van der Waals surface area (Å²) >= 11 is 0. The highest BCUT2D eigenvalue weighted by atomic mass is 16.2. The quantitative estimate of drug-likeness (QED) is 0.721. The zero-order chi connectivity index (χ0) is 11.7. The fourth-order valence-electron chi connectivity index (χ4n) is 3.51. The molecule has 2 bridgehead atoms. The van der Waals surface area contributed by atoms with Crippen LogP contribution in [0, 0.1) is 11.8 Å². The predicted octanol–water partition coefficient (Wildman–Crippen LogP) is 0.196. The Labute approximate surface area is 103 Å². The zero-order valence-electron chi connectivity index (χ0n) is 10.5. The summed E-state index contributed by atoms with van der Waals surface area (Å²) in [4.78, 5) is 14.7. The third-order valence-corrected chi connectivity index (χ3v) is 4.69. The van der Waals surface area contributed by atoms with Crippen molar-refractivity contribution >= 4 is 5.91 Å². The van der Waals surface area contributed by atoms with E-state index in [4.69, 9.17) is 0 Å². The van der Waals surface area contributed by atoms with Gasteiger partial charge in [-0.05, 0) is 57.8 Å². The normalized spacial score (nSPS) is 38.0. The summed E-state index contributed by atoms with van der Waals surface area (Å²) in [7, 11) is 0. The molecule has 0 spiro atoms. The standard InChI is InChI=1S/C13H23N3O/c17-13(11-1-5-14-6-2-11)15-12-9-16-7-3-10(12)4-8-16/h10-12,14H,1-9H2,(H,15,17). The summed E-state index contributed by atoms with van der Waals surface area (Å²) in [5, 5.41) is 6.62. The zero-order valence-corrected chi connectivity index (χ0v) is 10.5. The number of hydrogen-bond donors (Lipinski definition) is 2. The molecule has 4 rings (SSSR count). The molecule has 17 heavy (non-hydrogen) atoms. The smallest absolute Gasteiger partial charge is 0.223 e. The van der Waals surface area contributed by atoms with Crippen molar-refractivity contribution in [3.05, 3.63) is 0 Å². The van der Waals surface area contributed by atoms with E-state index in [1.807, 2.05) is 0 Å². The molecule has 96 valence electrons. The van der Waals surface area contributed by atoms with Gasteiger partial charge in [0.05, 0.1) is 0 Å². The van der Waals surface area contributed by atoms with Crippen LogP contribution in [-0.2, 0) is 4.79 Å². The Hall–Kier alpha value is -0.610.